The third-order valence-corrected chi connectivity index (χ3v) is 5.59. The van der Waals surface area contributed by atoms with Gasteiger partial charge in [0.15, 0.2) is 9.84 Å². The van der Waals surface area contributed by atoms with Crippen LogP contribution in [-0.4, -0.2) is 20.5 Å². The zero-order valence-electron chi connectivity index (χ0n) is 11.7. The maximum Gasteiger partial charge on any atom is 0.217 e. The largest absolute Gasteiger partial charge is 0.481 e. The van der Waals surface area contributed by atoms with E-state index < -0.39 is 32.1 Å². The number of methoxy groups -OCH3 is 1. The van der Waals surface area contributed by atoms with E-state index in [9.17, 15) is 17.2 Å². The van der Waals surface area contributed by atoms with Gasteiger partial charge in [0.05, 0.1) is 12.9 Å². The summed E-state index contributed by atoms with van der Waals surface area (Å²) in [6.07, 6.45) is 1.49. The number of benzene rings is 1. The summed E-state index contributed by atoms with van der Waals surface area (Å²) in [6.45, 7) is 1.69. The molecular formula is C14H12BrF2NO3S. The summed E-state index contributed by atoms with van der Waals surface area (Å²) in [5.74, 6) is -2.32. The Morgan fingerprint density at radius 2 is 2.00 bits per heavy atom. The lowest BCUT2D eigenvalue weighted by Crippen LogP contribution is -2.10. The Hall–Kier alpha value is -1.54. The molecule has 4 nitrogen and oxygen atoms in total. The Balaban J connectivity index is 2.52. The van der Waals surface area contributed by atoms with E-state index in [1.165, 1.54) is 13.3 Å². The van der Waals surface area contributed by atoms with Gasteiger partial charge in [-0.1, -0.05) is 0 Å². The van der Waals surface area contributed by atoms with Crippen molar-refractivity contribution in [3.05, 3.63) is 51.6 Å². The molecule has 0 amide bonds. The Morgan fingerprint density at radius 3 is 2.59 bits per heavy atom. The molecule has 0 bridgehead atoms. The molecule has 0 aliphatic carbocycles. The molecule has 0 atom stereocenters. The van der Waals surface area contributed by atoms with Gasteiger partial charge in [-0.05, 0) is 40.5 Å². The van der Waals surface area contributed by atoms with Gasteiger partial charge in [-0.25, -0.2) is 22.2 Å². The van der Waals surface area contributed by atoms with Crippen LogP contribution in [0.3, 0.4) is 0 Å². The summed E-state index contributed by atoms with van der Waals surface area (Å²) >= 11 is 3.26. The van der Waals surface area contributed by atoms with E-state index in [-0.39, 0.29) is 5.88 Å². The summed E-state index contributed by atoms with van der Waals surface area (Å²) in [5, 5.41) is 0. The molecule has 1 aromatic heterocycles. The van der Waals surface area contributed by atoms with Crippen molar-refractivity contribution in [2.24, 2.45) is 0 Å². The molecule has 0 fully saturated rings. The minimum Gasteiger partial charge on any atom is -0.481 e. The van der Waals surface area contributed by atoms with E-state index in [4.69, 9.17) is 4.74 Å². The number of ether oxygens (including phenoxy) is 1. The van der Waals surface area contributed by atoms with Gasteiger partial charge in [0.1, 0.15) is 16.5 Å². The Morgan fingerprint density at radius 1 is 1.32 bits per heavy atom. The van der Waals surface area contributed by atoms with Crippen molar-refractivity contribution in [3.63, 3.8) is 0 Å². The van der Waals surface area contributed by atoms with Crippen LogP contribution in [0.1, 0.15) is 11.1 Å². The first-order valence-electron chi connectivity index (χ1n) is 6.12. The van der Waals surface area contributed by atoms with Crippen LogP contribution in [0.2, 0.25) is 0 Å². The van der Waals surface area contributed by atoms with E-state index in [1.807, 2.05) is 0 Å². The molecule has 22 heavy (non-hydrogen) atoms. The van der Waals surface area contributed by atoms with Crippen molar-refractivity contribution in [1.82, 2.24) is 4.98 Å². The number of aromatic nitrogens is 1. The molecular weight excluding hydrogens is 380 g/mol. The van der Waals surface area contributed by atoms with Crippen LogP contribution in [0.4, 0.5) is 8.78 Å². The first-order valence-corrected chi connectivity index (χ1v) is 8.56. The fourth-order valence-corrected chi connectivity index (χ4v) is 3.78. The Labute approximate surface area is 135 Å². The van der Waals surface area contributed by atoms with E-state index in [2.05, 4.69) is 20.9 Å². The third-order valence-electron chi connectivity index (χ3n) is 3.12. The van der Waals surface area contributed by atoms with E-state index >= 15 is 0 Å². The van der Waals surface area contributed by atoms with Crippen molar-refractivity contribution < 1.29 is 21.9 Å². The molecule has 0 aliphatic rings. The van der Waals surface area contributed by atoms with Crippen molar-refractivity contribution >= 4 is 25.8 Å². The first kappa shape index (κ1) is 16.8. The average molecular weight is 392 g/mol. The number of nitrogens with zero attached hydrogens (tertiary/aromatic N) is 1. The molecule has 118 valence electrons. The highest BCUT2D eigenvalue weighted by atomic mass is 79.9. The molecule has 0 N–H and O–H groups in total. The smallest absolute Gasteiger partial charge is 0.217 e. The number of hydrogen-bond acceptors (Lipinski definition) is 4. The summed E-state index contributed by atoms with van der Waals surface area (Å²) in [5.41, 5.74) is 0.943. The zero-order valence-corrected chi connectivity index (χ0v) is 14.1. The lowest BCUT2D eigenvalue weighted by molar-refractivity contribution is 0.393. The fraction of sp³-hybridized carbons (Fsp3) is 0.214. The molecule has 0 radical (unpaired) electrons. The van der Waals surface area contributed by atoms with Gasteiger partial charge < -0.3 is 4.74 Å². The molecule has 0 saturated carbocycles. The van der Waals surface area contributed by atoms with Crippen molar-refractivity contribution in [2.75, 3.05) is 7.11 Å². The zero-order chi connectivity index (χ0) is 16.5. The lowest BCUT2D eigenvalue weighted by atomic mass is 10.2. The second kappa shape index (κ2) is 6.29. The molecule has 2 rings (SSSR count). The summed E-state index contributed by atoms with van der Waals surface area (Å²) in [7, 11) is -2.65. The number of hydrogen-bond donors (Lipinski definition) is 0. The van der Waals surface area contributed by atoms with E-state index in [0.29, 0.717) is 21.7 Å². The van der Waals surface area contributed by atoms with Crippen LogP contribution in [0, 0.1) is 18.6 Å². The molecule has 8 heteroatoms. The maximum absolute atomic E-state index is 13.7. The van der Waals surface area contributed by atoms with Crippen LogP contribution >= 0.6 is 15.9 Å². The summed E-state index contributed by atoms with van der Waals surface area (Å²) < 4.78 is 57.1. The molecule has 0 aliphatic heterocycles. The third kappa shape index (κ3) is 3.27. The number of pyridine rings is 1. The van der Waals surface area contributed by atoms with Gasteiger partial charge in [-0.15, -0.1) is 0 Å². The fourth-order valence-electron chi connectivity index (χ4n) is 1.94. The molecule has 0 spiro atoms. The lowest BCUT2D eigenvalue weighted by Gasteiger charge is -2.13. The van der Waals surface area contributed by atoms with Gasteiger partial charge in [-0.2, -0.15) is 0 Å². The normalized spacial score (nSPS) is 11.5. The predicted molar refractivity (Wildman–Crippen MR) is 80.5 cm³/mol. The van der Waals surface area contributed by atoms with Gasteiger partial charge in [-0.3, -0.25) is 0 Å². The molecule has 0 saturated heterocycles. The van der Waals surface area contributed by atoms with Crippen LogP contribution < -0.4 is 4.74 Å². The summed E-state index contributed by atoms with van der Waals surface area (Å²) in [4.78, 5) is 3.42. The molecule has 1 aromatic carbocycles. The van der Waals surface area contributed by atoms with Crippen molar-refractivity contribution in [2.45, 2.75) is 17.6 Å². The van der Waals surface area contributed by atoms with Crippen LogP contribution in [-0.2, 0) is 15.6 Å². The number of rotatable bonds is 4. The van der Waals surface area contributed by atoms with Crippen LogP contribution in [0.15, 0.2) is 33.8 Å². The first-order chi connectivity index (χ1) is 10.3. The molecule has 2 aromatic rings. The minimum atomic E-state index is -4.02. The van der Waals surface area contributed by atoms with Gasteiger partial charge in [0.2, 0.25) is 5.88 Å². The van der Waals surface area contributed by atoms with Gasteiger partial charge in [0, 0.05) is 22.3 Å². The van der Waals surface area contributed by atoms with Crippen LogP contribution in [0.25, 0.3) is 0 Å². The molecule has 1 heterocycles. The average Bonchev–Trinajstić information content (AvgIpc) is 2.43. The van der Waals surface area contributed by atoms with E-state index in [1.54, 1.807) is 6.92 Å². The second-order valence-electron chi connectivity index (χ2n) is 4.55. The highest BCUT2D eigenvalue weighted by Gasteiger charge is 2.24. The standard InChI is InChI=1S/C14H12BrF2NO3S/c1-8-10(14(21-2)18-6-11(8)15)7-22(19,20)13-4-3-9(16)5-12(13)17/h3-6H,7H2,1-2H3. The predicted octanol–water partition coefficient (Wildman–Crippen LogP) is 3.41. The van der Waals surface area contributed by atoms with Crippen molar-refractivity contribution in [1.29, 1.82) is 0 Å². The maximum atomic E-state index is 13.7. The monoisotopic (exact) mass is 391 g/mol. The minimum absolute atomic E-state index is 0.145. The number of sulfone groups is 1. The van der Waals surface area contributed by atoms with Crippen molar-refractivity contribution in [3.8, 4) is 5.88 Å². The van der Waals surface area contributed by atoms with Gasteiger partial charge in [0.25, 0.3) is 0 Å². The Bertz CT molecular complexity index is 825. The quantitative estimate of drug-likeness (QED) is 0.749. The second-order valence-corrected chi connectivity index (χ2v) is 7.37. The van der Waals surface area contributed by atoms with Crippen LogP contribution in [0.5, 0.6) is 5.88 Å². The SMILES string of the molecule is COc1ncc(Br)c(C)c1CS(=O)(=O)c1ccc(F)cc1F. The molecule has 0 unspecified atom stereocenters. The summed E-state index contributed by atoms with van der Waals surface area (Å²) in [6, 6.07) is 2.35. The highest BCUT2D eigenvalue weighted by molar-refractivity contribution is 9.10. The van der Waals surface area contributed by atoms with Gasteiger partial charge >= 0.3 is 0 Å². The Kier molecular flexibility index (Phi) is 4.81. The number of halogens is 3. The topological polar surface area (TPSA) is 56.3 Å². The highest BCUT2D eigenvalue weighted by Crippen LogP contribution is 2.30. The van der Waals surface area contributed by atoms with E-state index in [0.717, 1.165) is 12.1 Å².